The van der Waals surface area contributed by atoms with E-state index in [1.807, 2.05) is 19.1 Å². The molecule has 0 unspecified atom stereocenters. The molecule has 0 fully saturated rings. The third kappa shape index (κ3) is 3.64. The minimum atomic E-state index is 0.411. The molecule has 0 spiro atoms. The van der Waals surface area contributed by atoms with E-state index in [-0.39, 0.29) is 0 Å². The van der Waals surface area contributed by atoms with E-state index < -0.39 is 0 Å². The van der Waals surface area contributed by atoms with E-state index in [0.29, 0.717) is 28.0 Å². The van der Waals surface area contributed by atoms with Crippen molar-refractivity contribution >= 4 is 23.2 Å². The Morgan fingerprint density at radius 3 is 2.37 bits per heavy atom. The predicted octanol–water partition coefficient (Wildman–Crippen LogP) is 4.75. The molecule has 0 atom stereocenters. The van der Waals surface area contributed by atoms with E-state index in [1.54, 1.807) is 24.3 Å². The van der Waals surface area contributed by atoms with Crippen molar-refractivity contribution in [3.8, 4) is 11.8 Å². The molecule has 2 aromatic rings. The van der Waals surface area contributed by atoms with E-state index in [2.05, 4.69) is 6.07 Å². The van der Waals surface area contributed by atoms with Gasteiger partial charge in [-0.25, -0.2) is 0 Å². The molecule has 2 rings (SSSR count). The molecule has 0 aliphatic rings. The molecular weight excluding hydrogens is 281 g/mol. The van der Waals surface area contributed by atoms with Crippen LogP contribution in [0.15, 0.2) is 36.4 Å². The number of hydrogen-bond donors (Lipinski definition) is 0. The summed E-state index contributed by atoms with van der Waals surface area (Å²) in [4.78, 5) is 0. The molecule has 4 heteroatoms. The van der Waals surface area contributed by atoms with Crippen molar-refractivity contribution in [1.82, 2.24) is 0 Å². The van der Waals surface area contributed by atoms with E-state index in [9.17, 15) is 0 Å². The summed E-state index contributed by atoms with van der Waals surface area (Å²) in [5.74, 6) is 0.626. The Morgan fingerprint density at radius 1 is 1.11 bits per heavy atom. The second-order valence-electron chi connectivity index (χ2n) is 4.15. The van der Waals surface area contributed by atoms with Crippen molar-refractivity contribution in [3.63, 3.8) is 0 Å². The predicted molar refractivity (Wildman–Crippen MR) is 76.7 cm³/mol. The summed E-state index contributed by atoms with van der Waals surface area (Å²) in [6.45, 7) is 2.36. The Bertz CT molecular complexity index is 627. The van der Waals surface area contributed by atoms with Crippen molar-refractivity contribution in [3.05, 3.63) is 63.1 Å². The van der Waals surface area contributed by atoms with E-state index in [4.69, 9.17) is 33.2 Å². The Kier molecular flexibility index (Phi) is 4.31. The van der Waals surface area contributed by atoms with Gasteiger partial charge >= 0.3 is 0 Å². The largest absolute Gasteiger partial charge is 0.489 e. The van der Waals surface area contributed by atoms with E-state index in [0.717, 1.165) is 11.1 Å². The van der Waals surface area contributed by atoms with Crippen LogP contribution in [0.1, 0.15) is 16.7 Å². The summed E-state index contributed by atoms with van der Waals surface area (Å²) in [5, 5.41) is 9.89. The molecule has 2 aromatic carbocycles. The first kappa shape index (κ1) is 13.7. The second-order valence-corrected chi connectivity index (χ2v) is 5.02. The lowest BCUT2D eigenvalue weighted by molar-refractivity contribution is 0.305. The number of rotatable bonds is 3. The zero-order chi connectivity index (χ0) is 13.8. The second kappa shape index (κ2) is 5.97. The molecule has 0 heterocycles. The monoisotopic (exact) mass is 291 g/mol. The molecule has 96 valence electrons. The molecule has 0 radical (unpaired) electrons. The molecule has 0 aliphatic heterocycles. The number of nitriles is 1. The molecule has 0 saturated carbocycles. The van der Waals surface area contributed by atoms with Gasteiger partial charge in [0.15, 0.2) is 0 Å². The molecule has 0 bridgehead atoms. The molecular formula is C15H11Cl2NO. The van der Waals surface area contributed by atoms with Crippen LogP contribution in [0.25, 0.3) is 0 Å². The summed E-state index contributed by atoms with van der Waals surface area (Å²) < 4.78 is 5.66. The third-order valence-electron chi connectivity index (χ3n) is 2.70. The van der Waals surface area contributed by atoms with E-state index in [1.165, 1.54) is 0 Å². The Morgan fingerprint density at radius 2 is 1.79 bits per heavy atom. The number of benzene rings is 2. The Hall–Kier alpha value is -1.69. The first-order valence-corrected chi connectivity index (χ1v) is 6.42. The van der Waals surface area contributed by atoms with Crippen LogP contribution in [0.3, 0.4) is 0 Å². The van der Waals surface area contributed by atoms with Gasteiger partial charge in [-0.15, -0.1) is 0 Å². The highest BCUT2D eigenvalue weighted by Crippen LogP contribution is 2.25. The molecule has 19 heavy (non-hydrogen) atoms. The zero-order valence-electron chi connectivity index (χ0n) is 10.3. The van der Waals surface area contributed by atoms with Crippen LogP contribution in [-0.2, 0) is 6.61 Å². The van der Waals surface area contributed by atoms with Crippen LogP contribution >= 0.6 is 23.2 Å². The lowest BCUT2D eigenvalue weighted by atomic mass is 10.1. The zero-order valence-corrected chi connectivity index (χ0v) is 11.8. The van der Waals surface area contributed by atoms with Gasteiger partial charge < -0.3 is 4.74 Å². The van der Waals surface area contributed by atoms with Gasteiger partial charge in [-0.1, -0.05) is 29.3 Å². The minimum absolute atomic E-state index is 0.411. The summed E-state index contributed by atoms with van der Waals surface area (Å²) in [7, 11) is 0. The fourth-order valence-corrected chi connectivity index (χ4v) is 2.21. The highest BCUT2D eigenvalue weighted by molar-refractivity contribution is 6.34. The number of ether oxygens (including phenoxy) is 1. The molecule has 0 amide bonds. The fourth-order valence-electron chi connectivity index (χ4n) is 1.70. The van der Waals surface area contributed by atoms with Gasteiger partial charge in [-0.2, -0.15) is 5.26 Å². The van der Waals surface area contributed by atoms with Crippen molar-refractivity contribution < 1.29 is 4.74 Å². The SMILES string of the molecule is Cc1cc(C#N)ccc1COc1cc(Cl)cc(Cl)c1. The molecule has 0 N–H and O–H groups in total. The van der Waals surface area contributed by atoms with Crippen LogP contribution < -0.4 is 4.74 Å². The van der Waals surface area contributed by atoms with Crippen LogP contribution in [0.5, 0.6) is 5.75 Å². The Labute approximate surface area is 122 Å². The first-order chi connectivity index (χ1) is 9.08. The van der Waals surface area contributed by atoms with Gasteiger partial charge in [0.1, 0.15) is 12.4 Å². The molecule has 0 aliphatic carbocycles. The van der Waals surface area contributed by atoms with Crippen molar-refractivity contribution in [1.29, 1.82) is 5.26 Å². The van der Waals surface area contributed by atoms with Crippen molar-refractivity contribution in [2.75, 3.05) is 0 Å². The quantitative estimate of drug-likeness (QED) is 0.817. The van der Waals surface area contributed by atoms with Crippen LogP contribution in [-0.4, -0.2) is 0 Å². The summed E-state index contributed by atoms with van der Waals surface area (Å²) in [6, 6.07) is 12.7. The van der Waals surface area contributed by atoms with Crippen molar-refractivity contribution in [2.45, 2.75) is 13.5 Å². The van der Waals surface area contributed by atoms with E-state index >= 15 is 0 Å². The standard InChI is InChI=1S/C15H11Cl2NO/c1-10-4-11(8-18)2-3-12(10)9-19-15-6-13(16)5-14(17)7-15/h2-7H,9H2,1H3. The summed E-state index contributed by atoms with van der Waals surface area (Å²) in [6.07, 6.45) is 0. The molecule has 0 saturated heterocycles. The van der Waals surface area contributed by atoms with Gasteiger partial charge in [-0.05, 0) is 48.4 Å². The van der Waals surface area contributed by atoms with Gasteiger partial charge in [0.25, 0.3) is 0 Å². The molecule has 2 nitrogen and oxygen atoms in total. The minimum Gasteiger partial charge on any atom is -0.489 e. The number of hydrogen-bond acceptors (Lipinski definition) is 2. The number of nitrogens with zero attached hydrogens (tertiary/aromatic N) is 1. The van der Waals surface area contributed by atoms with Crippen LogP contribution in [0.2, 0.25) is 10.0 Å². The normalized spacial score (nSPS) is 10.0. The van der Waals surface area contributed by atoms with Gasteiger partial charge in [0.05, 0.1) is 11.6 Å². The third-order valence-corrected chi connectivity index (χ3v) is 3.14. The maximum absolute atomic E-state index is 8.81. The number of halogens is 2. The maximum atomic E-state index is 8.81. The van der Waals surface area contributed by atoms with Gasteiger partial charge in [-0.3, -0.25) is 0 Å². The number of aryl methyl sites for hydroxylation is 1. The topological polar surface area (TPSA) is 33.0 Å². The fraction of sp³-hybridized carbons (Fsp3) is 0.133. The average molecular weight is 292 g/mol. The Balaban J connectivity index is 2.12. The van der Waals surface area contributed by atoms with Gasteiger partial charge in [0.2, 0.25) is 0 Å². The summed E-state index contributed by atoms with van der Waals surface area (Å²) in [5.41, 5.74) is 2.69. The first-order valence-electron chi connectivity index (χ1n) is 5.67. The van der Waals surface area contributed by atoms with Crippen molar-refractivity contribution in [2.24, 2.45) is 0 Å². The highest BCUT2D eigenvalue weighted by Gasteiger charge is 2.03. The maximum Gasteiger partial charge on any atom is 0.122 e. The van der Waals surface area contributed by atoms with Crippen LogP contribution in [0, 0.1) is 18.3 Å². The lowest BCUT2D eigenvalue weighted by Gasteiger charge is -2.09. The van der Waals surface area contributed by atoms with Gasteiger partial charge in [0, 0.05) is 10.0 Å². The average Bonchev–Trinajstić information content (AvgIpc) is 2.36. The van der Waals surface area contributed by atoms with Crippen LogP contribution in [0.4, 0.5) is 0 Å². The smallest absolute Gasteiger partial charge is 0.122 e. The summed E-state index contributed by atoms with van der Waals surface area (Å²) >= 11 is 11.8. The lowest BCUT2D eigenvalue weighted by Crippen LogP contribution is -1.98. The molecule has 0 aromatic heterocycles. The highest BCUT2D eigenvalue weighted by atomic mass is 35.5.